The van der Waals surface area contributed by atoms with Gasteiger partial charge in [0.1, 0.15) is 5.78 Å². The van der Waals surface area contributed by atoms with Crippen LogP contribution in [0.25, 0.3) is 0 Å². The molecular weight excluding hydrogens is 174 g/mol. The van der Waals surface area contributed by atoms with Crippen LogP contribution in [-0.2, 0) is 4.79 Å². The molecule has 82 valence electrons. The molecule has 0 spiro atoms. The fraction of sp³-hybridized carbons (Fsp3) is 0.917. The van der Waals surface area contributed by atoms with Crippen LogP contribution in [0.3, 0.4) is 0 Å². The van der Waals surface area contributed by atoms with E-state index in [1.807, 2.05) is 0 Å². The van der Waals surface area contributed by atoms with Crippen LogP contribution in [-0.4, -0.2) is 29.3 Å². The zero-order valence-corrected chi connectivity index (χ0v) is 9.97. The van der Waals surface area contributed by atoms with Gasteiger partial charge in [0.25, 0.3) is 0 Å². The second-order valence-electron chi connectivity index (χ2n) is 4.88. The zero-order chi connectivity index (χ0) is 10.8. The topological polar surface area (TPSA) is 20.3 Å². The molecule has 0 radical (unpaired) electrons. The number of rotatable bonds is 5. The molecule has 1 fully saturated rings. The number of carbonyl (C=O) groups is 1. The van der Waals surface area contributed by atoms with Crippen LogP contribution in [0.1, 0.15) is 47.0 Å². The van der Waals surface area contributed by atoms with E-state index in [0.717, 1.165) is 19.5 Å². The average molecular weight is 197 g/mol. The Labute approximate surface area is 87.7 Å². The Morgan fingerprint density at radius 3 is 2.21 bits per heavy atom. The van der Waals surface area contributed by atoms with Crippen molar-refractivity contribution < 1.29 is 4.79 Å². The lowest BCUT2D eigenvalue weighted by molar-refractivity contribution is -0.120. The highest BCUT2D eigenvalue weighted by atomic mass is 16.1. The quantitative estimate of drug-likeness (QED) is 0.675. The van der Waals surface area contributed by atoms with Gasteiger partial charge in [-0.25, -0.2) is 0 Å². The first-order valence-corrected chi connectivity index (χ1v) is 5.76. The van der Waals surface area contributed by atoms with Crippen LogP contribution in [0.5, 0.6) is 0 Å². The minimum atomic E-state index is 0.337. The summed E-state index contributed by atoms with van der Waals surface area (Å²) in [6, 6.07) is 0. The predicted molar refractivity (Wildman–Crippen MR) is 59.3 cm³/mol. The summed E-state index contributed by atoms with van der Waals surface area (Å²) in [6.07, 6.45) is 3.19. The van der Waals surface area contributed by atoms with E-state index in [4.69, 9.17) is 0 Å². The summed E-state index contributed by atoms with van der Waals surface area (Å²) in [5, 5.41) is 0. The minimum Gasteiger partial charge on any atom is -0.300 e. The van der Waals surface area contributed by atoms with Crippen LogP contribution in [0, 0.1) is 5.92 Å². The van der Waals surface area contributed by atoms with E-state index < -0.39 is 0 Å². The van der Waals surface area contributed by atoms with Crippen molar-refractivity contribution >= 4 is 5.78 Å². The maximum atomic E-state index is 10.9. The molecule has 0 bridgehead atoms. The van der Waals surface area contributed by atoms with E-state index in [9.17, 15) is 4.79 Å². The molecule has 0 saturated carbocycles. The number of carbonyl (C=O) groups excluding carboxylic acids is 1. The van der Waals surface area contributed by atoms with Crippen molar-refractivity contribution in [2.45, 2.75) is 52.5 Å². The largest absolute Gasteiger partial charge is 0.300 e. The number of likely N-dealkylation sites (tertiary alicyclic amines) is 1. The van der Waals surface area contributed by atoms with Crippen molar-refractivity contribution in [3.05, 3.63) is 0 Å². The number of Topliss-reactive ketones (excluding diaryl/α,β-unsaturated/α-hetero) is 1. The molecule has 0 unspecified atom stereocenters. The summed E-state index contributed by atoms with van der Waals surface area (Å²) >= 11 is 0. The highest BCUT2D eigenvalue weighted by molar-refractivity contribution is 5.75. The van der Waals surface area contributed by atoms with Crippen LogP contribution in [0.2, 0.25) is 0 Å². The van der Waals surface area contributed by atoms with E-state index >= 15 is 0 Å². The molecule has 0 atom stereocenters. The Morgan fingerprint density at radius 1 is 1.36 bits per heavy atom. The molecule has 1 aliphatic heterocycles. The molecule has 1 aliphatic rings. The van der Waals surface area contributed by atoms with Gasteiger partial charge in [0.2, 0.25) is 0 Å². The molecule has 1 heterocycles. The van der Waals surface area contributed by atoms with E-state index in [-0.39, 0.29) is 0 Å². The van der Waals surface area contributed by atoms with Crippen LogP contribution in [0.15, 0.2) is 0 Å². The van der Waals surface area contributed by atoms with E-state index in [2.05, 4.69) is 25.7 Å². The van der Waals surface area contributed by atoms with Crippen LogP contribution >= 0.6 is 0 Å². The van der Waals surface area contributed by atoms with Crippen LogP contribution < -0.4 is 0 Å². The van der Waals surface area contributed by atoms with E-state index in [1.54, 1.807) is 6.92 Å². The van der Waals surface area contributed by atoms with Gasteiger partial charge in [-0.3, -0.25) is 4.90 Å². The summed E-state index contributed by atoms with van der Waals surface area (Å²) in [4.78, 5) is 13.5. The zero-order valence-electron chi connectivity index (χ0n) is 9.97. The van der Waals surface area contributed by atoms with Crippen molar-refractivity contribution in [2.75, 3.05) is 13.1 Å². The van der Waals surface area contributed by atoms with Gasteiger partial charge in [0, 0.05) is 25.0 Å². The third-order valence-electron chi connectivity index (χ3n) is 3.82. The molecule has 0 aromatic heterocycles. The summed E-state index contributed by atoms with van der Waals surface area (Å²) < 4.78 is 0. The predicted octanol–water partition coefficient (Wildman–Crippen LogP) is 2.48. The molecule has 0 aliphatic carbocycles. The number of nitrogens with zero attached hydrogens (tertiary/aromatic N) is 1. The molecule has 2 heteroatoms. The Bertz CT molecular complexity index is 202. The van der Waals surface area contributed by atoms with Gasteiger partial charge in [-0.15, -0.1) is 0 Å². The van der Waals surface area contributed by atoms with Gasteiger partial charge in [0.05, 0.1) is 0 Å². The van der Waals surface area contributed by atoms with E-state index in [1.165, 1.54) is 12.8 Å². The first-order chi connectivity index (χ1) is 6.51. The molecule has 0 aromatic carbocycles. The first-order valence-electron chi connectivity index (χ1n) is 5.76. The molecule has 2 nitrogen and oxygen atoms in total. The standard InChI is InChI=1S/C12H23NO/c1-5-12(4,6-2)13-8-11(9-13)7-10(3)14/h11H,5-9H2,1-4H3. The Kier molecular flexibility index (Phi) is 3.71. The molecule has 14 heavy (non-hydrogen) atoms. The smallest absolute Gasteiger partial charge is 0.130 e. The van der Waals surface area contributed by atoms with Crippen molar-refractivity contribution in [3.8, 4) is 0 Å². The van der Waals surface area contributed by atoms with Gasteiger partial charge >= 0.3 is 0 Å². The van der Waals surface area contributed by atoms with Gasteiger partial charge < -0.3 is 4.79 Å². The number of hydrogen-bond donors (Lipinski definition) is 0. The van der Waals surface area contributed by atoms with Crippen molar-refractivity contribution in [2.24, 2.45) is 5.92 Å². The lowest BCUT2D eigenvalue weighted by Crippen LogP contribution is -2.58. The summed E-state index contributed by atoms with van der Waals surface area (Å²) in [5.41, 5.74) is 0.368. The monoisotopic (exact) mass is 197 g/mol. The Hall–Kier alpha value is -0.370. The normalized spacial score (nSPS) is 19.4. The highest BCUT2D eigenvalue weighted by Crippen LogP contribution is 2.32. The second-order valence-corrected chi connectivity index (χ2v) is 4.88. The van der Waals surface area contributed by atoms with E-state index in [0.29, 0.717) is 17.2 Å². The van der Waals surface area contributed by atoms with Gasteiger partial charge in [0.15, 0.2) is 0 Å². The third kappa shape index (κ3) is 2.35. The SMILES string of the molecule is CCC(C)(CC)N1CC(CC(C)=O)C1. The van der Waals surface area contributed by atoms with Crippen molar-refractivity contribution in [1.82, 2.24) is 4.90 Å². The number of hydrogen-bond acceptors (Lipinski definition) is 2. The maximum absolute atomic E-state index is 10.9. The molecule has 1 rings (SSSR count). The molecule has 0 N–H and O–H groups in total. The molecular formula is C12H23NO. The Morgan fingerprint density at radius 2 is 1.86 bits per heavy atom. The third-order valence-corrected chi connectivity index (χ3v) is 3.82. The number of ketones is 1. The minimum absolute atomic E-state index is 0.337. The fourth-order valence-electron chi connectivity index (χ4n) is 2.24. The van der Waals surface area contributed by atoms with Gasteiger partial charge in [-0.05, 0) is 32.6 Å². The summed E-state index contributed by atoms with van der Waals surface area (Å²) in [7, 11) is 0. The second kappa shape index (κ2) is 4.43. The molecule has 0 amide bonds. The van der Waals surface area contributed by atoms with Crippen molar-refractivity contribution in [3.63, 3.8) is 0 Å². The Balaban J connectivity index is 2.36. The van der Waals surface area contributed by atoms with Crippen LogP contribution in [0.4, 0.5) is 0 Å². The van der Waals surface area contributed by atoms with Gasteiger partial charge in [-0.2, -0.15) is 0 Å². The highest BCUT2D eigenvalue weighted by Gasteiger charge is 2.37. The molecule has 1 saturated heterocycles. The summed E-state index contributed by atoms with van der Waals surface area (Å²) in [5.74, 6) is 0.967. The lowest BCUT2D eigenvalue weighted by Gasteiger charge is -2.50. The average Bonchev–Trinajstić information content (AvgIpc) is 2.09. The van der Waals surface area contributed by atoms with Gasteiger partial charge in [-0.1, -0.05) is 13.8 Å². The van der Waals surface area contributed by atoms with Crippen molar-refractivity contribution in [1.29, 1.82) is 0 Å². The maximum Gasteiger partial charge on any atom is 0.130 e. The summed E-state index contributed by atoms with van der Waals surface area (Å²) in [6.45, 7) is 10.8. The lowest BCUT2D eigenvalue weighted by atomic mass is 9.84. The fourth-order valence-corrected chi connectivity index (χ4v) is 2.24. The first kappa shape index (κ1) is 11.7. The molecule has 0 aromatic rings.